The van der Waals surface area contributed by atoms with E-state index in [-0.39, 0.29) is 47.2 Å². The van der Waals surface area contributed by atoms with Crippen molar-refractivity contribution in [3.05, 3.63) is 52.6 Å². The van der Waals surface area contributed by atoms with Crippen LogP contribution in [0.5, 0.6) is 0 Å². The fourth-order valence-corrected chi connectivity index (χ4v) is 5.63. The van der Waals surface area contributed by atoms with E-state index in [1.54, 1.807) is 13.8 Å². The van der Waals surface area contributed by atoms with E-state index >= 15 is 0 Å². The summed E-state index contributed by atoms with van der Waals surface area (Å²) in [5, 5.41) is 3.20. The summed E-state index contributed by atoms with van der Waals surface area (Å²) in [6.07, 6.45) is 22.9. The van der Waals surface area contributed by atoms with Crippen LogP contribution in [-0.2, 0) is 25.6 Å². The van der Waals surface area contributed by atoms with Crippen molar-refractivity contribution in [2.45, 2.75) is 137 Å². The summed E-state index contributed by atoms with van der Waals surface area (Å²) in [5.74, 6) is -1.36. The second-order valence-electron chi connectivity index (χ2n) is 11.0. The highest BCUT2D eigenvalue weighted by molar-refractivity contribution is 8.93. The number of aryl methyl sites for hydroxylation is 1. The van der Waals surface area contributed by atoms with Gasteiger partial charge in [0, 0.05) is 29.4 Å². The fraction of sp³-hybridized carbons (Fsp3) is 0.676. The van der Waals surface area contributed by atoms with Gasteiger partial charge in [-0.25, -0.2) is 14.2 Å². The summed E-state index contributed by atoms with van der Waals surface area (Å²) in [7, 11) is 0. The van der Waals surface area contributed by atoms with E-state index in [4.69, 9.17) is 9.47 Å². The normalized spacial score (nSPS) is 13.3. The molecule has 1 aliphatic heterocycles. The molecule has 2 rings (SSSR count). The molecule has 1 aromatic heterocycles. The molecule has 0 spiro atoms. The first kappa shape index (κ1) is 40.3. The number of rotatable bonds is 20. The molecule has 0 fully saturated rings. The molecule has 0 atom stereocenters. The predicted octanol–water partition coefficient (Wildman–Crippen LogP) is 5.40. The lowest BCUT2D eigenvalue weighted by Crippen LogP contribution is -3.00. The van der Waals surface area contributed by atoms with Gasteiger partial charge in [-0.3, -0.25) is 0 Å². The molecule has 0 bridgehead atoms. The maximum atomic E-state index is 13.0. The lowest BCUT2D eigenvalue weighted by molar-refractivity contribution is -0.697. The van der Waals surface area contributed by atoms with Crippen molar-refractivity contribution in [2.24, 2.45) is 0 Å². The molecule has 8 heteroatoms. The topological polar surface area (TPSA) is 68.5 Å². The van der Waals surface area contributed by atoms with Gasteiger partial charge < -0.3 is 31.8 Å². The summed E-state index contributed by atoms with van der Waals surface area (Å²) in [4.78, 5) is 26.1. The molecular weight excluding hydrogens is 660 g/mol. The van der Waals surface area contributed by atoms with Crippen LogP contribution in [0.15, 0.2) is 47.1 Å². The van der Waals surface area contributed by atoms with Crippen molar-refractivity contribution in [3.63, 3.8) is 0 Å². The van der Waals surface area contributed by atoms with Gasteiger partial charge in [0.1, 0.15) is 6.54 Å². The summed E-state index contributed by atoms with van der Waals surface area (Å²) < 4.78 is 13.0. The van der Waals surface area contributed by atoms with E-state index in [1.165, 1.54) is 83.5 Å². The number of hydrogen-bond donors (Lipinski definition) is 1. The number of esters is 2. The molecule has 0 saturated carbocycles. The number of ether oxygens (including phenoxy) is 2. The second-order valence-corrected chi connectivity index (χ2v) is 11.0. The van der Waals surface area contributed by atoms with E-state index in [1.807, 2.05) is 26.0 Å². The molecule has 240 valence electrons. The van der Waals surface area contributed by atoms with Gasteiger partial charge in [0.15, 0.2) is 12.4 Å². The summed E-state index contributed by atoms with van der Waals surface area (Å²) >= 11 is 0. The number of nitrogens with one attached hydrogen (secondary N) is 1. The maximum Gasteiger partial charge on any atom is 0.336 e. The highest BCUT2D eigenvalue weighted by Gasteiger charge is 2.38. The smallest absolute Gasteiger partial charge is 0.336 e. The Morgan fingerprint density at radius 3 is 1.60 bits per heavy atom. The molecule has 42 heavy (non-hydrogen) atoms. The molecule has 0 saturated heterocycles. The largest absolute Gasteiger partial charge is 1.00 e. The zero-order valence-electron chi connectivity index (χ0n) is 26.8. The number of nitrogens with zero attached hydrogens (tertiary/aromatic N) is 1. The van der Waals surface area contributed by atoms with Crippen molar-refractivity contribution in [1.29, 1.82) is 0 Å². The van der Waals surface area contributed by atoms with Gasteiger partial charge in [0.2, 0.25) is 0 Å². The SMILES string of the molecule is Br.CCCCCCCCCCCCCCCC[n+]1cccc(C2C(C(=O)OCC)=C(C)NC(C)=C2C(=O)OCC)c1.[Br-]. The Morgan fingerprint density at radius 1 is 0.738 bits per heavy atom. The van der Waals surface area contributed by atoms with Crippen molar-refractivity contribution in [3.8, 4) is 0 Å². The second kappa shape index (κ2) is 23.7. The van der Waals surface area contributed by atoms with Crippen LogP contribution in [0, 0.1) is 0 Å². The van der Waals surface area contributed by atoms with Crippen molar-refractivity contribution >= 4 is 28.9 Å². The minimum absolute atomic E-state index is 0. The molecule has 1 aromatic rings. The Bertz CT molecular complexity index is 954. The highest BCUT2D eigenvalue weighted by Crippen LogP contribution is 2.38. The molecule has 0 unspecified atom stereocenters. The van der Waals surface area contributed by atoms with Crippen LogP contribution < -0.4 is 26.9 Å². The van der Waals surface area contributed by atoms with Crippen LogP contribution in [0.25, 0.3) is 0 Å². The number of unbranched alkanes of at least 4 members (excludes halogenated alkanes) is 13. The number of halogens is 2. The first-order chi connectivity index (χ1) is 19.4. The zero-order chi connectivity index (χ0) is 29.2. The Kier molecular flexibility index (Phi) is 22.8. The number of aromatic nitrogens is 1. The van der Waals surface area contributed by atoms with Gasteiger partial charge in [0.25, 0.3) is 0 Å². The third-order valence-corrected chi connectivity index (χ3v) is 7.74. The molecule has 0 aliphatic carbocycles. The lowest BCUT2D eigenvalue weighted by Gasteiger charge is -2.29. The summed E-state index contributed by atoms with van der Waals surface area (Å²) in [6, 6.07) is 3.98. The molecule has 2 heterocycles. The molecule has 6 nitrogen and oxygen atoms in total. The van der Waals surface area contributed by atoms with Crippen LogP contribution in [0.2, 0.25) is 0 Å². The van der Waals surface area contributed by atoms with Gasteiger partial charge in [-0.15, -0.1) is 17.0 Å². The number of carbonyl (C=O) groups excluding carboxylic acids is 2. The minimum Gasteiger partial charge on any atom is -1.00 e. The monoisotopic (exact) mass is 714 g/mol. The Balaban J connectivity index is 0.00000840. The van der Waals surface area contributed by atoms with Crippen LogP contribution in [0.3, 0.4) is 0 Å². The van der Waals surface area contributed by atoms with Crippen molar-refractivity contribution < 1.29 is 40.6 Å². The van der Waals surface area contributed by atoms with Crippen LogP contribution in [0.1, 0.15) is 136 Å². The highest BCUT2D eigenvalue weighted by atomic mass is 79.9. The third-order valence-electron chi connectivity index (χ3n) is 7.74. The Morgan fingerprint density at radius 2 is 1.17 bits per heavy atom. The fourth-order valence-electron chi connectivity index (χ4n) is 5.63. The van der Waals surface area contributed by atoms with E-state index in [2.05, 4.69) is 29.2 Å². The first-order valence-corrected chi connectivity index (χ1v) is 16.0. The molecule has 1 N–H and O–H groups in total. The Hall–Kier alpha value is -1.67. The van der Waals surface area contributed by atoms with E-state index in [0.29, 0.717) is 22.5 Å². The van der Waals surface area contributed by atoms with Gasteiger partial charge >= 0.3 is 11.9 Å². The van der Waals surface area contributed by atoms with Crippen molar-refractivity contribution in [2.75, 3.05) is 13.2 Å². The first-order valence-electron chi connectivity index (χ1n) is 16.0. The summed E-state index contributed by atoms with van der Waals surface area (Å²) in [5.41, 5.74) is 3.22. The van der Waals surface area contributed by atoms with Crippen molar-refractivity contribution in [1.82, 2.24) is 5.32 Å². The van der Waals surface area contributed by atoms with Crippen LogP contribution >= 0.6 is 17.0 Å². The van der Waals surface area contributed by atoms with E-state index in [0.717, 1.165) is 18.5 Å². The van der Waals surface area contributed by atoms with Gasteiger partial charge in [-0.05, 0) is 40.2 Å². The van der Waals surface area contributed by atoms with Crippen LogP contribution in [-0.4, -0.2) is 25.2 Å². The van der Waals surface area contributed by atoms with E-state index in [9.17, 15) is 9.59 Å². The molecular formula is C34H56Br2N2O4. The van der Waals surface area contributed by atoms with Gasteiger partial charge in [-0.1, -0.05) is 84.0 Å². The van der Waals surface area contributed by atoms with Gasteiger partial charge in [0.05, 0.1) is 30.3 Å². The minimum atomic E-state index is -0.539. The van der Waals surface area contributed by atoms with Gasteiger partial charge in [-0.2, -0.15) is 0 Å². The molecule has 0 amide bonds. The quantitative estimate of drug-likeness (QED) is 0.111. The average Bonchev–Trinajstić information content (AvgIpc) is 2.93. The average molecular weight is 717 g/mol. The number of carbonyl (C=O) groups is 2. The standard InChI is InChI=1S/C34H54N2O4.2BrH/c1-6-9-10-11-12-13-14-15-16-17-18-19-20-21-24-36-25-22-23-29(26-36)32-30(33(37)39-7-2)27(4)35-28(5)31(32)34(38)40-8-3;;/h22-23,25-26,32H,6-21,24H2,1-5H3;2*1H. The number of allylic oxidation sites excluding steroid dienone is 2. The Labute approximate surface area is 276 Å². The maximum absolute atomic E-state index is 13.0. The molecule has 0 aromatic carbocycles. The third kappa shape index (κ3) is 13.7. The van der Waals surface area contributed by atoms with E-state index < -0.39 is 17.9 Å². The molecule has 0 radical (unpaired) electrons. The number of pyridine rings is 1. The number of dihydropyridines is 1. The van der Waals surface area contributed by atoms with Crippen LogP contribution in [0.4, 0.5) is 0 Å². The lowest BCUT2D eigenvalue weighted by atomic mass is 9.81. The predicted molar refractivity (Wildman–Crippen MR) is 172 cm³/mol. The number of hydrogen-bond acceptors (Lipinski definition) is 5. The zero-order valence-corrected chi connectivity index (χ0v) is 30.1. The molecule has 1 aliphatic rings. The summed E-state index contributed by atoms with van der Waals surface area (Å²) in [6.45, 7) is 11.0.